The molecule has 182 valence electrons. The molecular formula is C12H8F12N6O2. The van der Waals surface area contributed by atoms with Crippen LogP contribution in [0.4, 0.5) is 52.7 Å². The summed E-state index contributed by atoms with van der Waals surface area (Å²) in [4.78, 5) is 24.9. The van der Waals surface area contributed by atoms with Gasteiger partial charge in [-0.25, -0.2) is 0 Å². The van der Waals surface area contributed by atoms with Gasteiger partial charge in [-0.2, -0.15) is 52.7 Å². The zero-order valence-electron chi connectivity index (χ0n) is 14.9. The largest absolute Gasteiger partial charge is 0.384 e. The zero-order valence-corrected chi connectivity index (χ0v) is 14.9. The summed E-state index contributed by atoms with van der Waals surface area (Å²) in [6.45, 7) is 0. The molecule has 8 nitrogen and oxygen atoms in total. The van der Waals surface area contributed by atoms with Crippen LogP contribution in [0.3, 0.4) is 0 Å². The zero-order chi connectivity index (χ0) is 25.8. The van der Waals surface area contributed by atoms with Crippen molar-refractivity contribution >= 4 is 11.8 Å². The van der Waals surface area contributed by atoms with Gasteiger partial charge < -0.3 is 0 Å². The molecule has 0 atom stereocenters. The highest BCUT2D eigenvalue weighted by Gasteiger charge is 2.89. The van der Waals surface area contributed by atoms with E-state index in [4.69, 9.17) is 11.1 Å². The lowest BCUT2D eigenvalue weighted by molar-refractivity contribution is -0.425. The number of amides is 2. The second-order valence-electron chi connectivity index (χ2n) is 5.87. The maximum atomic E-state index is 13.6. The number of carbonyl (C=O) groups is 2. The van der Waals surface area contributed by atoms with Crippen molar-refractivity contribution < 1.29 is 62.3 Å². The predicted molar refractivity (Wildman–Crippen MR) is 76.5 cm³/mol. The van der Waals surface area contributed by atoms with Gasteiger partial charge in [-0.3, -0.25) is 9.59 Å². The maximum absolute atomic E-state index is 13.6. The van der Waals surface area contributed by atoms with Gasteiger partial charge in [0, 0.05) is 35.5 Å². The van der Waals surface area contributed by atoms with E-state index in [0.717, 1.165) is 0 Å². The van der Waals surface area contributed by atoms with Gasteiger partial charge in [0.1, 0.15) is 0 Å². The fourth-order valence-electron chi connectivity index (χ4n) is 1.90. The molecule has 0 aliphatic carbocycles. The first kappa shape index (κ1) is 29.1. The Morgan fingerprint density at radius 3 is 1.03 bits per heavy atom. The quantitative estimate of drug-likeness (QED) is 0.150. The summed E-state index contributed by atoms with van der Waals surface area (Å²) in [5, 5.41) is 4.18. The molecule has 0 unspecified atom stereocenters. The van der Waals surface area contributed by atoms with Crippen molar-refractivity contribution in [1.82, 2.24) is 0 Å². The highest BCUT2D eigenvalue weighted by molar-refractivity contribution is 5.77. The van der Waals surface area contributed by atoms with Crippen LogP contribution >= 0.6 is 0 Å². The number of carbonyl (C=O) groups excluding carboxylic acids is 2. The summed E-state index contributed by atoms with van der Waals surface area (Å²) < 4.78 is 163. The van der Waals surface area contributed by atoms with Gasteiger partial charge >= 0.3 is 35.5 Å². The SMILES string of the molecule is [N-]=[N+]=NC(=O)CCC(F)(F)C(F)(F)C(F)(F)C(F)(F)C(F)(F)C(F)(F)CCC(=O)N=[N+]=[N-]. The normalized spacial score (nSPS) is 13.8. The number of alkyl halides is 12. The minimum atomic E-state index is -7.84. The van der Waals surface area contributed by atoms with Crippen molar-refractivity contribution in [2.45, 2.75) is 61.2 Å². The second-order valence-corrected chi connectivity index (χ2v) is 5.87. The van der Waals surface area contributed by atoms with E-state index in [-0.39, 0.29) is 0 Å². The monoisotopic (exact) mass is 496 g/mol. The third kappa shape index (κ3) is 5.12. The van der Waals surface area contributed by atoms with E-state index in [1.807, 2.05) is 0 Å². The fourth-order valence-corrected chi connectivity index (χ4v) is 1.90. The molecule has 32 heavy (non-hydrogen) atoms. The number of hydrogen-bond acceptors (Lipinski definition) is 2. The van der Waals surface area contributed by atoms with E-state index in [9.17, 15) is 62.3 Å². The molecule has 0 heterocycles. The number of halogens is 12. The molecule has 0 aromatic heterocycles. The van der Waals surface area contributed by atoms with E-state index in [1.54, 1.807) is 9.82 Å². The predicted octanol–water partition coefficient (Wildman–Crippen LogP) is 6.03. The Morgan fingerprint density at radius 2 is 0.812 bits per heavy atom. The molecule has 0 rings (SSSR count). The molecule has 0 radical (unpaired) electrons. The van der Waals surface area contributed by atoms with Crippen LogP contribution in [-0.2, 0) is 9.59 Å². The van der Waals surface area contributed by atoms with Gasteiger partial charge in [0.15, 0.2) is 0 Å². The Bertz CT molecular complexity index is 764. The molecule has 0 saturated carbocycles. The van der Waals surface area contributed by atoms with Crippen LogP contribution in [0.2, 0.25) is 0 Å². The second kappa shape index (κ2) is 9.32. The molecule has 0 aliphatic heterocycles. The first-order valence-corrected chi connectivity index (χ1v) is 7.59. The molecule has 0 aliphatic rings. The number of nitrogens with zero attached hydrogens (tertiary/aromatic N) is 6. The first-order chi connectivity index (χ1) is 14.2. The molecule has 0 fully saturated rings. The number of rotatable bonds is 11. The molecule has 0 spiro atoms. The topological polar surface area (TPSA) is 132 Å². The van der Waals surface area contributed by atoms with Crippen LogP contribution in [0, 0.1) is 0 Å². The highest BCUT2D eigenvalue weighted by Crippen LogP contribution is 2.61. The van der Waals surface area contributed by atoms with Gasteiger partial charge in [0.2, 0.25) is 11.8 Å². The van der Waals surface area contributed by atoms with Gasteiger partial charge in [-0.15, -0.1) is 0 Å². The van der Waals surface area contributed by atoms with Crippen molar-refractivity contribution in [1.29, 1.82) is 0 Å². The third-order valence-electron chi connectivity index (χ3n) is 3.72. The standard InChI is InChI=1S/C12H8F12N6O2/c13-7(14,3-1-5(31)27-29-25)9(17,18)11(21,22)12(23,24)10(19,20)8(15,16)4-2-6(32)28-30-26/h1-4H2. The molecule has 0 aromatic carbocycles. The lowest BCUT2D eigenvalue weighted by Crippen LogP contribution is -2.70. The van der Waals surface area contributed by atoms with Crippen molar-refractivity contribution in [2.24, 2.45) is 10.2 Å². The van der Waals surface area contributed by atoms with Crippen LogP contribution in [0.1, 0.15) is 25.7 Å². The average molecular weight is 496 g/mol. The first-order valence-electron chi connectivity index (χ1n) is 7.59. The average Bonchev–Trinajstić information content (AvgIpc) is 2.64. The Labute approximate surface area is 167 Å². The molecule has 20 heteroatoms. The molecule has 0 bridgehead atoms. The van der Waals surface area contributed by atoms with E-state index < -0.39 is 73.0 Å². The van der Waals surface area contributed by atoms with Crippen molar-refractivity contribution in [3.63, 3.8) is 0 Å². The van der Waals surface area contributed by atoms with Crippen LogP contribution in [0.5, 0.6) is 0 Å². The summed E-state index contributed by atoms with van der Waals surface area (Å²) >= 11 is 0. The van der Waals surface area contributed by atoms with Crippen molar-refractivity contribution in [3.05, 3.63) is 20.9 Å². The Hall–Kier alpha value is -2.88. The van der Waals surface area contributed by atoms with Crippen molar-refractivity contribution in [3.8, 4) is 0 Å². The summed E-state index contributed by atoms with van der Waals surface area (Å²) in [7, 11) is 0. The van der Waals surface area contributed by atoms with E-state index in [1.165, 1.54) is 0 Å². The van der Waals surface area contributed by atoms with E-state index >= 15 is 0 Å². The molecule has 0 saturated heterocycles. The van der Waals surface area contributed by atoms with E-state index in [0.29, 0.717) is 0 Å². The van der Waals surface area contributed by atoms with Gasteiger partial charge in [-0.1, -0.05) is 0 Å². The summed E-state index contributed by atoms with van der Waals surface area (Å²) in [6.07, 6.45) is -9.29. The smallest absolute Gasteiger partial charge is 0.293 e. The molecule has 2 amide bonds. The lowest BCUT2D eigenvalue weighted by atomic mass is 9.88. The summed E-state index contributed by atoms with van der Waals surface area (Å²) in [5.41, 5.74) is 15.6. The van der Waals surface area contributed by atoms with Crippen molar-refractivity contribution in [2.75, 3.05) is 0 Å². The van der Waals surface area contributed by atoms with Crippen LogP contribution in [0.15, 0.2) is 10.2 Å². The third-order valence-corrected chi connectivity index (χ3v) is 3.72. The van der Waals surface area contributed by atoms with Gasteiger partial charge in [0.25, 0.3) is 0 Å². The Kier molecular flexibility index (Phi) is 8.48. The molecular weight excluding hydrogens is 488 g/mol. The number of azide groups is 2. The van der Waals surface area contributed by atoms with Gasteiger partial charge in [0.05, 0.1) is 0 Å². The minimum absolute atomic E-state index is 1.73. The fraction of sp³-hybridized carbons (Fsp3) is 0.833. The number of hydrogen-bond donors (Lipinski definition) is 0. The summed E-state index contributed by atoms with van der Waals surface area (Å²) in [6, 6.07) is 0. The van der Waals surface area contributed by atoms with Crippen LogP contribution in [-0.4, -0.2) is 47.3 Å². The Balaban J connectivity index is 6.10. The maximum Gasteiger partial charge on any atom is 0.384 e. The molecule has 0 aromatic rings. The van der Waals surface area contributed by atoms with E-state index in [2.05, 4.69) is 10.2 Å². The van der Waals surface area contributed by atoms with Crippen LogP contribution in [0.25, 0.3) is 20.9 Å². The molecule has 0 N–H and O–H groups in total. The van der Waals surface area contributed by atoms with Gasteiger partial charge in [-0.05, 0) is 21.3 Å². The minimum Gasteiger partial charge on any atom is -0.293 e. The van der Waals surface area contributed by atoms with Crippen LogP contribution < -0.4 is 0 Å². The lowest BCUT2D eigenvalue weighted by Gasteiger charge is -2.41. The summed E-state index contributed by atoms with van der Waals surface area (Å²) in [5.74, 6) is -47.1. The highest BCUT2D eigenvalue weighted by atomic mass is 19.4. The Morgan fingerprint density at radius 1 is 0.562 bits per heavy atom.